The van der Waals surface area contributed by atoms with Gasteiger partial charge in [-0.1, -0.05) is 17.7 Å². The first kappa shape index (κ1) is 20.8. The van der Waals surface area contributed by atoms with Crippen LogP contribution in [-0.4, -0.2) is 44.1 Å². The molecule has 0 unspecified atom stereocenters. The van der Waals surface area contributed by atoms with Crippen LogP contribution < -0.4 is 20.7 Å². The molecule has 0 fully saturated rings. The van der Waals surface area contributed by atoms with Crippen molar-refractivity contribution in [1.29, 1.82) is 0 Å². The Bertz CT molecular complexity index is 548. The van der Waals surface area contributed by atoms with Crippen molar-refractivity contribution in [2.45, 2.75) is 46.1 Å². The Balaban J connectivity index is 2.12. The number of aliphatic imine (C=N–C) groups is 1. The summed E-state index contributed by atoms with van der Waals surface area (Å²) in [6.07, 6.45) is 1.91. The Hall–Kier alpha value is -2.24. The number of carbonyl (C=O) groups excluding carboxylic acids is 1. The zero-order chi connectivity index (χ0) is 18.7. The molecular formula is C19H32N4O2. The predicted octanol–water partition coefficient (Wildman–Crippen LogP) is 2.23. The molecular weight excluding hydrogens is 316 g/mol. The average Bonchev–Trinajstić information content (AvgIpc) is 2.53. The van der Waals surface area contributed by atoms with Crippen LogP contribution in [0.3, 0.4) is 0 Å². The van der Waals surface area contributed by atoms with Crippen molar-refractivity contribution in [1.82, 2.24) is 16.0 Å². The Morgan fingerprint density at radius 3 is 2.40 bits per heavy atom. The molecule has 0 heterocycles. The van der Waals surface area contributed by atoms with Crippen LogP contribution in [0, 0.1) is 6.92 Å². The van der Waals surface area contributed by atoms with Crippen LogP contribution in [0.1, 0.15) is 39.2 Å². The number of rotatable bonds is 8. The molecule has 1 amide bonds. The van der Waals surface area contributed by atoms with E-state index in [1.165, 1.54) is 5.56 Å². The number of amides is 1. The lowest BCUT2D eigenvalue weighted by molar-refractivity contribution is -0.121. The quantitative estimate of drug-likeness (QED) is 0.383. The van der Waals surface area contributed by atoms with Gasteiger partial charge in [0.1, 0.15) is 5.75 Å². The van der Waals surface area contributed by atoms with Crippen LogP contribution in [0.5, 0.6) is 5.75 Å². The molecule has 0 bridgehead atoms. The number of nitrogens with zero attached hydrogens (tertiary/aromatic N) is 1. The van der Waals surface area contributed by atoms with E-state index in [9.17, 15) is 4.79 Å². The maximum atomic E-state index is 11.8. The second-order valence-electron chi connectivity index (χ2n) is 7.02. The maximum Gasteiger partial charge on any atom is 0.239 e. The lowest BCUT2D eigenvalue weighted by atomic mass is 10.1. The molecule has 0 radical (unpaired) electrons. The number of hydrogen-bond acceptors (Lipinski definition) is 3. The molecule has 0 saturated carbocycles. The molecule has 3 N–H and O–H groups in total. The SMILES string of the molecule is CN=C(NCCCCOc1ccc(C)cc1)NCC(=O)NC(C)(C)C. The van der Waals surface area contributed by atoms with Gasteiger partial charge in [0.15, 0.2) is 5.96 Å². The first-order valence-electron chi connectivity index (χ1n) is 8.75. The molecule has 25 heavy (non-hydrogen) atoms. The van der Waals surface area contributed by atoms with Crippen molar-refractivity contribution in [3.05, 3.63) is 29.8 Å². The molecule has 140 valence electrons. The zero-order valence-electron chi connectivity index (χ0n) is 16.1. The molecule has 1 aromatic rings. The summed E-state index contributed by atoms with van der Waals surface area (Å²) in [7, 11) is 1.69. The lowest BCUT2D eigenvalue weighted by Gasteiger charge is -2.21. The topological polar surface area (TPSA) is 74.8 Å². The molecule has 1 rings (SSSR count). The number of hydrogen-bond donors (Lipinski definition) is 3. The highest BCUT2D eigenvalue weighted by molar-refractivity contribution is 5.86. The third-order valence-corrected chi connectivity index (χ3v) is 3.31. The average molecular weight is 348 g/mol. The standard InChI is InChI=1S/C19H32N4O2/c1-15-8-10-16(11-9-15)25-13-7-6-12-21-18(20-5)22-14-17(24)23-19(2,3)4/h8-11H,6-7,12-14H2,1-5H3,(H,23,24)(H2,20,21,22). The van der Waals surface area contributed by atoms with Gasteiger partial charge in [0.2, 0.25) is 5.91 Å². The number of nitrogens with one attached hydrogen (secondary N) is 3. The Morgan fingerprint density at radius 2 is 1.80 bits per heavy atom. The molecule has 0 aromatic heterocycles. The molecule has 0 spiro atoms. The lowest BCUT2D eigenvalue weighted by Crippen LogP contribution is -2.48. The first-order chi connectivity index (χ1) is 11.8. The number of aryl methyl sites for hydroxylation is 1. The van der Waals surface area contributed by atoms with E-state index in [0.29, 0.717) is 12.6 Å². The summed E-state index contributed by atoms with van der Waals surface area (Å²) in [5, 5.41) is 9.11. The molecule has 6 heteroatoms. The fourth-order valence-electron chi connectivity index (χ4n) is 2.11. The molecule has 0 atom stereocenters. The monoisotopic (exact) mass is 348 g/mol. The third kappa shape index (κ3) is 10.3. The molecule has 0 aliphatic heterocycles. The van der Waals surface area contributed by atoms with Gasteiger partial charge in [-0.15, -0.1) is 0 Å². The molecule has 1 aromatic carbocycles. The van der Waals surface area contributed by atoms with Gasteiger partial charge in [0.25, 0.3) is 0 Å². The summed E-state index contributed by atoms with van der Waals surface area (Å²) in [6.45, 7) is 9.59. The first-order valence-corrected chi connectivity index (χ1v) is 8.75. The number of guanidine groups is 1. The highest BCUT2D eigenvalue weighted by Crippen LogP contribution is 2.11. The van der Waals surface area contributed by atoms with Crippen molar-refractivity contribution in [3.8, 4) is 5.75 Å². The fraction of sp³-hybridized carbons (Fsp3) is 0.579. The van der Waals surface area contributed by atoms with E-state index in [1.54, 1.807) is 7.05 Å². The normalized spacial score (nSPS) is 11.8. The van der Waals surface area contributed by atoms with Crippen LogP contribution in [0.4, 0.5) is 0 Å². The Labute approximate surface area is 151 Å². The van der Waals surface area contributed by atoms with Crippen LogP contribution in [-0.2, 0) is 4.79 Å². The van der Waals surface area contributed by atoms with E-state index in [-0.39, 0.29) is 18.0 Å². The van der Waals surface area contributed by atoms with Gasteiger partial charge < -0.3 is 20.7 Å². The Morgan fingerprint density at radius 1 is 1.12 bits per heavy atom. The second-order valence-corrected chi connectivity index (χ2v) is 7.02. The van der Waals surface area contributed by atoms with Gasteiger partial charge in [0, 0.05) is 19.1 Å². The van der Waals surface area contributed by atoms with E-state index < -0.39 is 0 Å². The van der Waals surface area contributed by atoms with Gasteiger partial charge in [0.05, 0.1) is 13.2 Å². The molecule has 0 aliphatic carbocycles. The largest absolute Gasteiger partial charge is 0.494 e. The summed E-state index contributed by atoms with van der Waals surface area (Å²) in [5.74, 6) is 1.48. The summed E-state index contributed by atoms with van der Waals surface area (Å²) in [6, 6.07) is 8.06. The summed E-state index contributed by atoms with van der Waals surface area (Å²) >= 11 is 0. The van der Waals surface area contributed by atoms with Crippen LogP contribution in [0.15, 0.2) is 29.3 Å². The smallest absolute Gasteiger partial charge is 0.239 e. The summed E-state index contributed by atoms with van der Waals surface area (Å²) in [5.41, 5.74) is 0.999. The van der Waals surface area contributed by atoms with E-state index in [2.05, 4.69) is 27.9 Å². The van der Waals surface area contributed by atoms with Crippen molar-refractivity contribution >= 4 is 11.9 Å². The minimum Gasteiger partial charge on any atom is -0.494 e. The van der Waals surface area contributed by atoms with Gasteiger partial charge in [-0.25, -0.2) is 0 Å². The van der Waals surface area contributed by atoms with Gasteiger partial charge in [-0.3, -0.25) is 9.79 Å². The highest BCUT2D eigenvalue weighted by atomic mass is 16.5. The second kappa shape index (κ2) is 10.6. The number of benzene rings is 1. The van der Waals surface area contributed by atoms with Crippen molar-refractivity contribution in [3.63, 3.8) is 0 Å². The zero-order valence-corrected chi connectivity index (χ0v) is 16.1. The number of unbranched alkanes of at least 4 members (excludes halogenated alkanes) is 1. The minimum atomic E-state index is -0.229. The van der Waals surface area contributed by atoms with E-state index in [0.717, 1.165) is 25.1 Å². The van der Waals surface area contributed by atoms with E-state index >= 15 is 0 Å². The summed E-state index contributed by atoms with van der Waals surface area (Å²) < 4.78 is 5.69. The van der Waals surface area contributed by atoms with E-state index in [4.69, 9.17) is 4.74 Å². The van der Waals surface area contributed by atoms with Crippen LogP contribution in [0.25, 0.3) is 0 Å². The number of ether oxygens (including phenoxy) is 1. The predicted molar refractivity (Wildman–Crippen MR) is 103 cm³/mol. The Kier molecular flexibility index (Phi) is 8.81. The fourth-order valence-corrected chi connectivity index (χ4v) is 2.11. The van der Waals surface area contributed by atoms with Gasteiger partial charge >= 0.3 is 0 Å². The van der Waals surface area contributed by atoms with Crippen molar-refractivity contribution in [2.75, 3.05) is 26.7 Å². The molecule has 0 saturated heterocycles. The van der Waals surface area contributed by atoms with Crippen LogP contribution >= 0.6 is 0 Å². The summed E-state index contributed by atoms with van der Waals surface area (Å²) in [4.78, 5) is 15.9. The maximum absolute atomic E-state index is 11.8. The number of carbonyl (C=O) groups is 1. The van der Waals surface area contributed by atoms with Crippen molar-refractivity contribution < 1.29 is 9.53 Å². The van der Waals surface area contributed by atoms with Crippen LogP contribution in [0.2, 0.25) is 0 Å². The van der Waals surface area contributed by atoms with E-state index in [1.807, 2.05) is 45.0 Å². The minimum absolute atomic E-state index is 0.0538. The van der Waals surface area contributed by atoms with Gasteiger partial charge in [-0.05, 0) is 52.7 Å². The molecule has 0 aliphatic rings. The van der Waals surface area contributed by atoms with Gasteiger partial charge in [-0.2, -0.15) is 0 Å². The highest BCUT2D eigenvalue weighted by Gasteiger charge is 2.13. The molecule has 6 nitrogen and oxygen atoms in total. The van der Waals surface area contributed by atoms with Crippen molar-refractivity contribution in [2.24, 2.45) is 4.99 Å². The third-order valence-electron chi connectivity index (χ3n) is 3.31.